The number of nitrogens with one attached hydrogen (secondary N) is 1. The molecule has 2 aromatic heterocycles. The van der Waals surface area contributed by atoms with E-state index >= 15 is 0 Å². The SMILES string of the molecule is O=C(NCCn1ncc2c(=O)n(Cc3ccc(F)cc3)cnc21)c1ccccc1[N+](=O)[O-]. The number of amides is 1. The van der Waals surface area contributed by atoms with Gasteiger partial charge in [-0.1, -0.05) is 24.3 Å². The normalized spacial score (nSPS) is 10.9. The highest BCUT2D eigenvalue weighted by Gasteiger charge is 2.19. The zero-order valence-corrected chi connectivity index (χ0v) is 16.6. The van der Waals surface area contributed by atoms with Crippen LogP contribution in [0, 0.1) is 15.9 Å². The molecule has 11 heteroatoms. The zero-order valence-electron chi connectivity index (χ0n) is 16.6. The number of carbonyl (C=O) groups excluding carboxylic acids is 1. The predicted octanol–water partition coefficient (Wildman–Crippen LogP) is 2.12. The highest BCUT2D eigenvalue weighted by atomic mass is 19.1. The lowest BCUT2D eigenvalue weighted by Crippen LogP contribution is -2.28. The Morgan fingerprint density at radius 1 is 1.16 bits per heavy atom. The highest BCUT2D eigenvalue weighted by Crippen LogP contribution is 2.17. The molecule has 0 spiro atoms. The van der Waals surface area contributed by atoms with Crippen molar-refractivity contribution in [1.82, 2.24) is 24.6 Å². The van der Waals surface area contributed by atoms with Gasteiger partial charge < -0.3 is 5.32 Å². The molecule has 0 aliphatic rings. The molecule has 0 aliphatic heterocycles. The van der Waals surface area contributed by atoms with Gasteiger partial charge in [-0.2, -0.15) is 5.10 Å². The number of halogens is 1. The van der Waals surface area contributed by atoms with Crippen molar-refractivity contribution < 1.29 is 14.1 Å². The quantitative estimate of drug-likeness (QED) is 0.349. The third-order valence-corrected chi connectivity index (χ3v) is 4.84. The first-order valence-electron chi connectivity index (χ1n) is 9.61. The number of para-hydroxylation sites is 1. The van der Waals surface area contributed by atoms with Gasteiger partial charge in [0.1, 0.15) is 23.1 Å². The van der Waals surface area contributed by atoms with Crippen molar-refractivity contribution in [2.45, 2.75) is 13.1 Å². The van der Waals surface area contributed by atoms with Gasteiger partial charge in [0.15, 0.2) is 5.65 Å². The van der Waals surface area contributed by atoms with Crippen LogP contribution in [0.5, 0.6) is 0 Å². The van der Waals surface area contributed by atoms with E-state index in [0.29, 0.717) is 11.0 Å². The molecule has 10 nitrogen and oxygen atoms in total. The van der Waals surface area contributed by atoms with E-state index in [0.717, 1.165) is 5.56 Å². The zero-order chi connectivity index (χ0) is 22.7. The molecule has 4 rings (SSSR count). The molecule has 0 radical (unpaired) electrons. The summed E-state index contributed by atoms with van der Waals surface area (Å²) >= 11 is 0. The molecule has 0 saturated carbocycles. The van der Waals surface area contributed by atoms with Crippen LogP contribution in [0.1, 0.15) is 15.9 Å². The van der Waals surface area contributed by atoms with Crippen LogP contribution in [0.25, 0.3) is 11.0 Å². The molecule has 32 heavy (non-hydrogen) atoms. The summed E-state index contributed by atoms with van der Waals surface area (Å²) in [5.41, 5.74) is 0.488. The van der Waals surface area contributed by atoms with E-state index in [-0.39, 0.29) is 42.3 Å². The standard InChI is InChI=1S/C21H17FN6O4/c22-15-7-5-14(6-8-15)12-26-13-24-19-17(21(26)30)11-25-27(19)10-9-23-20(29)16-3-1-2-4-18(16)28(31)32/h1-8,11,13H,9-10,12H2,(H,23,29). The molecule has 1 N–H and O–H groups in total. The Labute approximate surface area is 180 Å². The first kappa shape index (κ1) is 20.8. The average Bonchev–Trinajstić information content (AvgIpc) is 3.20. The van der Waals surface area contributed by atoms with E-state index in [1.165, 1.54) is 52.1 Å². The number of nitrogens with zero attached hydrogens (tertiary/aromatic N) is 5. The molecular formula is C21H17FN6O4. The Morgan fingerprint density at radius 3 is 2.66 bits per heavy atom. The van der Waals surface area contributed by atoms with Crippen molar-refractivity contribution in [1.29, 1.82) is 0 Å². The Kier molecular flexibility index (Phi) is 5.71. The number of carbonyl (C=O) groups is 1. The number of fused-ring (bicyclic) bond motifs is 1. The molecule has 2 aromatic carbocycles. The van der Waals surface area contributed by atoms with Gasteiger partial charge in [0.05, 0.1) is 24.2 Å². The topological polar surface area (TPSA) is 125 Å². The molecular weight excluding hydrogens is 419 g/mol. The largest absolute Gasteiger partial charge is 0.350 e. The van der Waals surface area contributed by atoms with Crippen molar-refractivity contribution in [3.63, 3.8) is 0 Å². The number of nitro benzene ring substituents is 1. The van der Waals surface area contributed by atoms with Crippen LogP contribution in [-0.4, -0.2) is 36.7 Å². The lowest BCUT2D eigenvalue weighted by molar-refractivity contribution is -0.385. The van der Waals surface area contributed by atoms with Crippen LogP contribution < -0.4 is 10.9 Å². The van der Waals surface area contributed by atoms with Crippen LogP contribution >= 0.6 is 0 Å². The maximum Gasteiger partial charge on any atom is 0.282 e. The number of hydrogen-bond acceptors (Lipinski definition) is 6. The summed E-state index contributed by atoms with van der Waals surface area (Å²) in [7, 11) is 0. The fourth-order valence-corrected chi connectivity index (χ4v) is 3.26. The first-order chi connectivity index (χ1) is 15.4. The Balaban J connectivity index is 1.46. The molecule has 0 fully saturated rings. The number of benzene rings is 2. The van der Waals surface area contributed by atoms with Gasteiger partial charge >= 0.3 is 0 Å². The summed E-state index contributed by atoms with van der Waals surface area (Å²) in [5, 5.41) is 18.2. The summed E-state index contributed by atoms with van der Waals surface area (Å²) in [4.78, 5) is 39.8. The lowest BCUT2D eigenvalue weighted by atomic mass is 10.1. The number of aromatic nitrogens is 4. The van der Waals surface area contributed by atoms with Gasteiger partial charge in [-0.05, 0) is 23.8 Å². The monoisotopic (exact) mass is 436 g/mol. The van der Waals surface area contributed by atoms with E-state index < -0.39 is 10.8 Å². The van der Waals surface area contributed by atoms with Crippen molar-refractivity contribution >= 4 is 22.6 Å². The number of rotatable bonds is 7. The fourth-order valence-electron chi connectivity index (χ4n) is 3.26. The van der Waals surface area contributed by atoms with Gasteiger partial charge in [-0.15, -0.1) is 0 Å². The van der Waals surface area contributed by atoms with Gasteiger partial charge in [-0.25, -0.2) is 14.1 Å². The second-order valence-corrected chi connectivity index (χ2v) is 6.94. The van der Waals surface area contributed by atoms with Crippen molar-refractivity contribution in [3.8, 4) is 0 Å². The molecule has 4 aromatic rings. The second-order valence-electron chi connectivity index (χ2n) is 6.94. The van der Waals surface area contributed by atoms with E-state index in [9.17, 15) is 24.1 Å². The average molecular weight is 436 g/mol. The molecule has 0 atom stereocenters. The van der Waals surface area contributed by atoms with E-state index in [2.05, 4.69) is 15.4 Å². The first-order valence-corrected chi connectivity index (χ1v) is 9.61. The summed E-state index contributed by atoms with van der Waals surface area (Å²) in [5.74, 6) is -0.937. The van der Waals surface area contributed by atoms with Gasteiger partial charge in [0.25, 0.3) is 17.2 Å². The van der Waals surface area contributed by atoms with E-state index in [1.807, 2.05) is 0 Å². The minimum Gasteiger partial charge on any atom is -0.350 e. The predicted molar refractivity (Wildman–Crippen MR) is 113 cm³/mol. The summed E-state index contributed by atoms with van der Waals surface area (Å²) < 4.78 is 15.9. The van der Waals surface area contributed by atoms with Crippen LogP contribution in [0.15, 0.2) is 65.8 Å². The Bertz CT molecular complexity index is 1360. The molecule has 162 valence electrons. The van der Waals surface area contributed by atoms with Crippen LogP contribution in [0.4, 0.5) is 10.1 Å². The number of hydrogen-bond donors (Lipinski definition) is 1. The fraction of sp³-hybridized carbons (Fsp3) is 0.143. The van der Waals surface area contributed by atoms with Crippen LogP contribution in [0.3, 0.4) is 0 Å². The molecule has 0 saturated heterocycles. The van der Waals surface area contributed by atoms with E-state index in [1.54, 1.807) is 18.2 Å². The Morgan fingerprint density at radius 2 is 1.91 bits per heavy atom. The Hall–Kier alpha value is -4.41. The maximum absolute atomic E-state index is 13.1. The summed E-state index contributed by atoms with van der Waals surface area (Å²) in [6, 6.07) is 11.5. The minimum absolute atomic E-state index is 0.0374. The van der Waals surface area contributed by atoms with Crippen molar-refractivity contribution in [3.05, 3.63) is 98.5 Å². The molecule has 2 heterocycles. The van der Waals surface area contributed by atoms with Gasteiger partial charge in [-0.3, -0.25) is 24.3 Å². The lowest BCUT2D eigenvalue weighted by Gasteiger charge is -2.08. The molecule has 0 unspecified atom stereocenters. The highest BCUT2D eigenvalue weighted by molar-refractivity contribution is 5.98. The molecule has 1 amide bonds. The smallest absolute Gasteiger partial charge is 0.282 e. The third-order valence-electron chi connectivity index (χ3n) is 4.84. The second kappa shape index (κ2) is 8.76. The summed E-state index contributed by atoms with van der Waals surface area (Å²) in [6.45, 7) is 0.575. The summed E-state index contributed by atoms with van der Waals surface area (Å²) in [6.07, 6.45) is 2.79. The number of nitro groups is 1. The maximum atomic E-state index is 13.1. The third kappa shape index (κ3) is 4.21. The van der Waals surface area contributed by atoms with Crippen LogP contribution in [-0.2, 0) is 13.1 Å². The van der Waals surface area contributed by atoms with Crippen LogP contribution in [0.2, 0.25) is 0 Å². The van der Waals surface area contributed by atoms with Gasteiger partial charge in [0.2, 0.25) is 0 Å². The minimum atomic E-state index is -0.614. The van der Waals surface area contributed by atoms with Crippen molar-refractivity contribution in [2.24, 2.45) is 0 Å². The van der Waals surface area contributed by atoms with Crippen molar-refractivity contribution in [2.75, 3.05) is 6.54 Å². The molecule has 0 aliphatic carbocycles. The van der Waals surface area contributed by atoms with Gasteiger partial charge in [0, 0.05) is 12.6 Å². The molecule has 0 bridgehead atoms. The van der Waals surface area contributed by atoms with E-state index in [4.69, 9.17) is 0 Å².